The largest absolute Gasteiger partial charge is 0.390 e. The van der Waals surface area contributed by atoms with E-state index in [1.54, 1.807) is 0 Å². The van der Waals surface area contributed by atoms with Gasteiger partial charge in [-0.3, -0.25) is 0 Å². The number of hydrogen-bond donors (Lipinski definition) is 1. The highest BCUT2D eigenvalue weighted by atomic mass is 16.3. The minimum Gasteiger partial charge on any atom is -0.390 e. The summed E-state index contributed by atoms with van der Waals surface area (Å²) in [5.74, 6) is 0.597. The van der Waals surface area contributed by atoms with Crippen LogP contribution in [0, 0.1) is 11.3 Å². The first kappa shape index (κ1) is 12.5. The highest BCUT2D eigenvalue weighted by Crippen LogP contribution is 2.43. The zero-order valence-electron chi connectivity index (χ0n) is 10.7. The molecule has 0 aromatic heterocycles. The molecule has 1 heteroatoms. The lowest BCUT2D eigenvalue weighted by Crippen LogP contribution is -2.19. The summed E-state index contributed by atoms with van der Waals surface area (Å²) in [5.41, 5.74) is 1.19. The molecule has 0 heterocycles. The predicted octanol–water partition coefficient (Wildman–Crippen LogP) is 3.70. The maximum absolute atomic E-state index is 9.61. The Morgan fingerprint density at radius 2 is 2.13 bits per heavy atom. The van der Waals surface area contributed by atoms with Gasteiger partial charge in [0.25, 0.3) is 0 Å². The normalized spacial score (nSPS) is 26.0. The Bertz CT molecular complexity index is 276. The van der Waals surface area contributed by atoms with Crippen LogP contribution < -0.4 is 0 Å². The molecule has 86 valence electrons. The van der Waals surface area contributed by atoms with Gasteiger partial charge in [-0.1, -0.05) is 37.6 Å². The van der Waals surface area contributed by atoms with Crippen LogP contribution in [0.3, 0.4) is 0 Å². The Kier molecular flexibility index (Phi) is 3.44. The molecule has 1 N–H and O–H groups in total. The molecular weight excluding hydrogens is 184 g/mol. The molecule has 0 aliphatic heterocycles. The van der Waals surface area contributed by atoms with Gasteiger partial charge in [-0.05, 0) is 44.9 Å². The summed E-state index contributed by atoms with van der Waals surface area (Å²) in [6.45, 7) is 10.5. The molecule has 0 saturated heterocycles. The molecule has 0 aromatic carbocycles. The van der Waals surface area contributed by atoms with Crippen LogP contribution >= 0.6 is 0 Å². The van der Waals surface area contributed by atoms with Crippen LogP contribution in [-0.2, 0) is 0 Å². The summed E-state index contributed by atoms with van der Waals surface area (Å²) in [6, 6.07) is 0. The van der Waals surface area contributed by atoms with Gasteiger partial charge in [0, 0.05) is 0 Å². The maximum atomic E-state index is 9.61. The van der Waals surface area contributed by atoms with E-state index in [2.05, 4.69) is 39.0 Å². The topological polar surface area (TPSA) is 20.2 Å². The smallest absolute Gasteiger partial charge is 0.0626 e. The molecular formula is C14H24O. The molecule has 0 fully saturated rings. The first-order chi connectivity index (χ1) is 6.73. The SMILES string of the molecule is CC1=CCC(/C=C/CC(C)(C)O)C1(C)C. The van der Waals surface area contributed by atoms with Gasteiger partial charge in [0.15, 0.2) is 0 Å². The van der Waals surface area contributed by atoms with Crippen molar-refractivity contribution in [1.29, 1.82) is 0 Å². The second-order valence-electron chi connectivity index (χ2n) is 5.90. The first-order valence-corrected chi connectivity index (χ1v) is 5.80. The zero-order chi connectivity index (χ0) is 11.7. The van der Waals surface area contributed by atoms with Crippen molar-refractivity contribution in [1.82, 2.24) is 0 Å². The standard InChI is InChI=1S/C14H24O/c1-11-8-9-12(14(11,4)5)7-6-10-13(2,3)15/h6-8,12,15H,9-10H2,1-5H3/b7-6+. The van der Waals surface area contributed by atoms with E-state index >= 15 is 0 Å². The Morgan fingerprint density at radius 1 is 1.53 bits per heavy atom. The Hall–Kier alpha value is -0.560. The fourth-order valence-electron chi connectivity index (χ4n) is 1.99. The van der Waals surface area contributed by atoms with Crippen LogP contribution in [0.1, 0.15) is 47.5 Å². The molecule has 1 rings (SSSR count). The Morgan fingerprint density at radius 3 is 2.53 bits per heavy atom. The monoisotopic (exact) mass is 208 g/mol. The van der Waals surface area contributed by atoms with Crippen molar-refractivity contribution < 1.29 is 5.11 Å². The van der Waals surface area contributed by atoms with Gasteiger partial charge in [-0.2, -0.15) is 0 Å². The molecule has 0 amide bonds. The summed E-state index contributed by atoms with van der Waals surface area (Å²) in [7, 11) is 0. The van der Waals surface area contributed by atoms with Gasteiger partial charge >= 0.3 is 0 Å². The molecule has 0 radical (unpaired) electrons. The zero-order valence-corrected chi connectivity index (χ0v) is 10.7. The van der Waals surface area contributed by atoms with Crippen molar-refractivity contribution in [2.75, 3.05) is 0 Å². The van der Waals surface area contributed by atoms with Crippen LogP contribution in [0.2, 0.25) is 0 Å². The van der Waals surface area contributed by atoms with Crippen molar-refractivity contribution in [2.45, 2.75) is 53.1 Å². The summed E-state index contributed by atoms with van der Waals surface area (Å²) in [6.07, 6.45) is 8.60. The van der Waals surface area contributed by atoms with E-state index in [0.717, 1.165) is 12.8 Å². The van der Waals surface area contributed by atoms with Crippen molar-refractivity contribution in [3.63, 3.8) is 0 Å². The van der Waals surface area contributed by atoms with Crippen LogP contribution in [0.5, 0.6) is 0 Å². The highest BCUT2D eigenvalue weighted by molar-refractivity contribution is 5.22. The third-order valence-corrected chi connectivity index (χ3v) is 3.61. The summed E-state index contributed by atoms with van der Waals surface area (Å²) < 4.78 is 0. The molecule has 0 aromatic rings. The summed E-state index contributed by atoms with van der Waals surface area (Å²) >= 11 is 0. The second kappa shape index (κ2) is 4.13. The van der Waals surface area contributed by atoms with E-state index in [1.165, 1.54) is 5.57 Å². The number of aliphatic hydroxyl groups is 1. The molecule has 1 nitrogen and oxygen atoms in total. The van der Waals surface area contributed by atoms with Gasteiger partial charge in [-0.15, -0.1) is 0 Å². The fraction of sp³-hybridized carbons (Fsp3) is 0.714. The lowest BCUT2D eigenvalue weighted by Gasteiger charge is -2.27. The molecule has 1 aliphatic carbocycles. The number of rotatable bonds is 3. The van der Waals surface area contributed by atoms with Crippen LogP contribution in [0.25, 0.3) is 0 Å². The van der Waals surface area contributed by atoms with E-state index in [1.807, 2.05) is 13.8 Å². The molecule has 0 bridgehead atoms. The Labute approximate surface area is 93.9 Å². The minimum absolute atomic E-state index is 0.288. The summed E-state index contributed by atoms with van der Waals surface area (Å²) in [4.78, 5) is 0. The molecule has 1 aliphatic rings. The quantitative estimate of drug-likeness (QED) is 0.701. The van der Waals surface area contributed by atoms with E-state index in [0.29, 0.717) is 5.92 Å². The fourth-order valence-corrected chi connectivity index (χ4v) is 1.99. The van der Waals surface area contributed by atoms with E-state index in [-0.39, 0.29) is 5.41 Å². The minimum atomic E-state index is -0.582. The van der Waals surface area contributed by atoms with E-state index in [9.17, 15) is 5.11 Å². The lowest BCUT2D eigenvalue weighted by molar-refractivity contribution is 0.0836. The average molecular weight is 208 g/mol. The van der Waals surface area contributed by atoms with E-state index in [4.69, 9.17) is 0 Å². The van der Waals surface area contributed by atoms with Crippen molar-refractivity contribution in [3.8, 4) is 0 Å². The first-order valence-electron chi connectivity index (χ1n) is 5.80. The van der Waals surface area contributed by atoms with Crippen LogP contribution in [-0.4, -0.2) is 10.7 Å². The van der Waals surface area contributed by atoms with Crippen molar-refractivity contribution >= 4 is 0 Å². The van der Waals surface area contributed by atoms with Crippen LogP contribution in [0.4, 0.5) is 0 Å². The molecule has 1 atom stereocenters. The highest BCUT2D eigenvalue weighted by Gasteiger charge is 2.32. The third kappa shape index (κ3) is 3.20. The third-order valence-electron chi connectivity index (χ3n) is 3.61. The van der Waals surface area contributed by atoms with Gasteiger partial charge < -0.3 is 5.11 Å². The van der Waals surface area contributed by atoms with Crippen LogP contribution in [0.15, 0.2) is 23.8 Å². The average Bonchev–Trinajstić information content (AvgIpc) is 2.29. The molecule has 0 saturated carbocycles. The van der Waals surface area contributed by atoms with Crippen molar-refractivity contribution in [3.05, 3.63) is 23.8 Å². The maximum Gasteiger partial charge on any atom is 0.0626 e. The van der Waals surface area contributed by atoms with Gasteiger partial charge in [0.1, 0.15) is 0 Å². The lowest BCUT2D eigenvalue weighted by atomic mass is 9.77. The molecule has 0 spiro atoms. The number of allylic oxidation sites excluding steroid dienone is 3. The van der Waals surface area contributed by atoms with Gasteiger partial charge in [-0.25, -0.2) is 0 Å². The van der Waals surface area contributed by atoms with E-state index < -0.39 is 5.60 Å². The van der Waals surface area contributed by atoms with Gasteiger partial charge in [0.05, 0.1) is 5.60 Å². The summed E-state index contributed by atoms with van der Waals surface area (Å²) in [5, 5.41) is 9.61. The second-order valence-corrected chi connectivity index (χ2v) is 5.90. The predicted molar refractivity (Wildman–Crippen MR) is 65.7 cm³/mol. The molecule has 15 heavy (non-hydrogen) atoms. The van der Waals surface area contributed by atoms with Crippen molar-refractivity contribution in [2.24, 2.45) is 11.3 Å². The molecule has 1 unspecified atom stereocenters. The Balaban J connectivity index is 2.55. The van der Waals surface area contributed by atoms with Gasteiger partial charge in [0.2, 0.25) is 0 Å². The number of hydrogen-bond acceptors (Lipinski definition) is 1.